The minimum absolute atomic E-state index is 0.0447. The summed E-state index contributed by atoms with van der Waals surface area (Å²) in [5.74, 6) is 0.475. The molecule has 3 amide bonds. The lowest BCUT2D eigenvalue weighted by Crippen LogP contribution is -2.46. The molecule has 1 aliphatic heterocycles. The molecular weight excluding hydrogens is 338 g/mol. The summed E-state index contributed by atoms with van der Waals surface area (Å²) in [5, 5.41) is 3.79. The average Bonchev–Trinajstić information content (AvgIpc) is 2.90. The summed E-state index contributed by atoms with van der Waals surface area (Å²) in [6, 6.07) is 7.70. The van der Waals surface area contributed by atoms with E-state index in [-0.39, 0.29) is 24.5 Å². The monoisotopic (exact) mass is 363 g/mol. The van der Waals surface area contributed by atoms with Gasteiger partial charge in [-0.3, -0.25) is 4.79 Å². The highest BCUT2D eigenvalue weighted by atomic mass is 35.5. The zero-order valence-electron chi connectivity index (χ0n) is 14.7. The SMILES string of the molecule is C[C@@H]1CCCC[C@H]1NC(=O)CN1CCN(Cc2cccc(Cl)c2)C1=O. The number of nitrogens with one attached hydrogen (secondary N) is 1. The molecule has 6 heteroatoms. The number of hydrogen-bond acceptors (Lipinski definition) is 2. The van der Waals surface area contributed by atoms with Crippen LogP contribution in [0.5, 0.6) is 0 Å². The van der Waals surface area contributed by atoms with E-state index in [0.717, 1.165) is 12.0 Å². The van der Waals surface area contributed by atoms with Crippen LogP contribution in [0.3, 0.4) is 0 Å². The highest BCUT2D eigenvalue weighted by Crippen LogP contribution is 2.23. The highest BCUT2D eigenvalue weighted by molar-refractivity contribution is 6.30. The van der Waals surface area contributed by atoms with Gasteiger partial charge in [-0.05, 0) is 36.5 Å². The number of hydrogen-bond donors (Lipinski definition) is 1. The summed E-state index contributed by atoms with van der Waals surface area (Å²) in [6.07, 6.45) is 4.63. The van der Waals surface area contributed by atoms with Crippen LogP contribution in [0.15, 0.2) is 24.3 Å². The van der Waals surface area contributed by atoms with E-state index in [2.05, 4.69) is 12.2 Å². The van der Waals surface area contributed by atoms with Crippen LogP contribution in [-0.2, 0) is 11.3 Å². The van der Waals surface area contributed by atoms with E-state index in [0.29, 0.717) is 30.6 Å². The van der Waals surface area contributed by atoms with Crippen molar-refractivity contribution >= 4 is 23.5 Å². The van der Waals surface area contributed by atoms with Crippen LogP contribution in [0, 0.1) is 5.92 Å². The van der Waals surface area contributed by atoms with Gasteiger partial charge in [0.05, 0.1) is 0 Å². The van der Waals surface area contributed by atoms with E-state index < -0.39 is 0 Å². The molecule has 1 aromatic carbocycles. The number of nitrogens with zero attached hydrogens (tertiary/aromatic N) is 2. The molecular formula is C19H26ClN3O2. The van der Waals surface area contributed by atoms with Gasteiger partial charge in [-0.1, -0.05) is 43.5 Å². The first-order valence-corrected chi connectivity index (χ1v) is 9.48. The zero-order valence-corrected chi connectivity index (χ0v) is 15.5. The highest BCUT2D eigenvalue weighted by Gasteiger charge is 2.31. The van der Waals surface area contributed by atoms with Crippen LogP contribution in [0.1, 0.15) is 38.2 Å². The second kappa shape index (κ2) is 8.09. The van der Waals surface area contributed by atoms with Gasteiger partial charge in [-0.2, -0.15) is 0 Å². The molecule has 0 bridgehead atoms. The third-order valence-electron chi connectivity index (χ3n) is 5.24. The molecule has 5 nitrogen and oxygen atoms in total. The molecule has 1 N–H and O–H groups in total. The molecule has 1 aromatic rings. The van der Waals surface area contributed by atoms with Gasteiger partial charge in [0.15, 0.2) is 0 Å². The number of halogens is 1. The molecule has 1 saturated carbocycles. The summed E-state index contributed by atoms with van der Waals surface area (Å²) in [6.45, 7) is 4.09. The van der Waals surface area contributed by atoms with Gasteiger partial charge in [0.2, 0.25) is 5.91 Å². The minimum atomic E-state index is -0.0770. The molecule has 3 rings (SSSR count). The fraction of sp³-hybridized carbons (Fsp3) is 0.579. The van der Waals surface area contributed by atoms with Crippen molar-refractivity contribution in [2.45, 2.75) is 45.2 Å². The Kier molecular flexibility index (Phi) is 5.84. The normalized spacial score (nSPS) is 23.8. The maximum atomic E-state index is 12.5. The van der Waals surface area contributed by atoms with Crippen LogP contribution in [0.2, 0.25) is 5.02 Å². The van der Waals surface area contributed by atoms with Crippen molar-refractivity contribution in [1.82, 2.24) is 15.1 Å². The Bertz CT molecular complexity index is 637. The van der Waals surface area contributed by atoms with E-state index >= 15 is 0 Å². The third kappa shape index (κ3) is 4.66. The first-order chi connectivity index (χ1) is 12.0. The molecule has 2 aliphatic rings. The van der Waals surface area contributed by atoms with Crippen molar-refractivity contribution in [2.75, 3.05) is 19.6 Å². The Morgan fingerprint density at radius 2 is 2.00 bits per heavy atom. The van der Waals surface area contributed by atoms with Crippen molar-refractivity contribution in [2.24, 2.45) is 5.92 Å². The summed E-state index contributed by atoms with van der Waals surface area (Å²) in [7, 11) is 0. The van der Waals surface area contributed by atoms with Crippen molar-refractivity contribution < 1.29 is 9.59 Å². The molecule has 0 radical (unpaired) electrons. The minimum Gasteiger partial charge on any atom is -0.352 e. The predicted octanol–water partition coefficient (Wildman–Crippen LogP) is 3.27. The molecule has 2 fully saturated rings. The lowest BCUT2D eigenvalue weighted by Gasteiger charge is -2.30. The van der Waals surface area contributed by atoms with Crippen molar-refractivity contribution in [3.05, 3.63) is 34.9 Å². The maximum absolute atomic E-state index is 12.5. The standard InChI is InChI=1S/C19H26ClN3O2/c1-14-5-2-3-8-17(14)21-18(24)13-23-10-9-22(19(23)25)12-15-6-4-7-16(20)11-15/h4,6-7,11,14,17H,2-3,5,8-10,12-13H2,1H3,(H,21,24)/t14-,17-/m1/s1. The molecule has 2 atom stereocenters. The van der Waals surface area contributed by atoms with Gasteiger partial charge < -0.3 is 15.1 Å². The van der Waals surface area contributed by atoms with Gasteiger partial charge in [-0.25, -0.2) is 4.79 Å². The largest absolute Gasteiger partial charge is 0.352 e. The average molecular weight is 364 g/mol. The van der Waals surface area contributed by atoms with Gasteiger partial charge in [-0.15, -0.1) is 0 Å². The number of urea groups is 1. The van der Waals surface area contributed by atoms with Crippen LogP contribution in [0.25, 0.3) is 0 Å². The Labute approximate surface area is 154 Å². The van der Waals surface area contributed by atoms with Crippen molar-refractivity contribution in [1.29, 1.82) is 0 Å². The fourth-order valence-corrected chi connectivity index (χ4v) is 3.95. The third-order valence-corrected chi connectivity index (χ3v) is 5.47. The number of carbonyl (C=O) groups excluding carboxylic acids is 2. The fourth-order valence-electron chi connectivity index (χ4n) is 3.74. The number of rotatable bonds is 5. The Hall–Kier alpha value is -1.75. The van der Waals surface area contributed by atoms with Gasteiger partial charge in [0, 0.05) is 30.7 Å². The van der Waals surface area contributed by atoms with Gasteiger partial charge in [0.25, 0.3) is 0 Å². The Morgan fingerprint density at radius 1 is 1.24 bits per heavy atom. The van der Waals surface area contributed by atoms with Crippen LogP contribution < -0.4 is 5.32 Å². The van der Waals surface area contributed by atoms with Gasteiger partial charge in [0.1, 0.15) is 6.54 Å². The zero-order chi connectivity index (χ0) is 17.8. The molecule has 0 spiro atoms. The molecule has 1 saturated heterocycles. The summed E-state index contributed by atoms with van der Waals surface area (Å²) >= 11 is 6.00. The first kappa shape index (κ1) is 18.1. The maximum Gasteiger partial charge on any atom is 0.320 e. The van der Waals surface area contributed by atoms with E-state index in [4.69, 9.17) is 11.6 Å². The lowest BCUT2D eigenvalue weighted by atomic mass is 9.86. The molecule has 1 aliphatic carbocycles. The quantitative estimate of drug-likeness (QED) is 0.872. The smallest absolute Gasteiger partial charge is 0.320 e. The van der Waals surface area contributed by atoms with Gasteiger partial charge >= 0.3 is 6.03 Å². The van der Waals surface area contributed by atoms with Crippen molar-refractivity contribution in [3.63, 3.8) is 0 Å². The number of amides is 3. The topological polar surface area (TPSA) is 52.7 Å². The van der Waals surface area contributed by atoms with Crippen LogP contribution >= 0.6 is 11.6 Å². The van der Waals surface area contributed by atoms with E-state index in [1.54, 1.807) is 9.80 Å². The van der Waals surface area contributed by atoms with Crippen LogP contribution in [0.4, 0.5) is 4.79 Å². The predicted molar refractivity (Wildman–Crippen MR) is 98.4 cm³/mol. The summed E-state index contributed by atoms with van der Waals surface area (Å²) < 4.78 is 0. The van der Waals surface area contributed by atoms with E-state index in [9.17, 15) is 9.59 Å². The Balaban J connectivity index is 1.50. The van der Waals surface area contributed by atoms with Crippen LogP contribution in [-0.4, -0.2) is 47.4 Å². The molecule has 0 aromatic heterocycles. The second-order valence-electron chi connectivity index (χ2n) is 7.19. The molecule has 1 heterocycles. The summed E-state index contributed by atoms with van der Waals surface area (Å²) in [5.41, 5.74) is 1.00. The first-order valence-electron chi connectivity index (χ1n) is 9.10. The Morgan fingerprint density at radius 3 is 2.76 bits per heavy atom. The molecule has 136 valence electrons. The number of carbonyl (C=O) groups is 2. The molecule has 25 heavy (non-hydrogen) atoms. The molecule has 0 unspecified atom stereocenters. The van der Waals surface area contributed by atoms with Crippen molar-refractivity contribution in [3.8, 4) is 0 Å². The number of benzene rings is 1. The summed E-state index contributed by atoms with van der Waals surface area (Å²) in [4.78, 5) is 28.3. The second-order valence-corrected chi connectivity index (χ2v) is 7.63. The lowest BCUT2D eigenvalue weighted by molar-refractivity contribution is -0.122. The van der Waals surface area contributed by atoms with E-state index in [1.807, 2.05) is 24.3 Å². The van der Waals surface area contributed by atoms with E-state index in [1.165, 1.54) is 19.3 Å².